The Morgan fingerprint density at radius 1 is 1.06 bits per heavy atom. The van der Waals surface area contributed by atoms with E-state index in [-0.39, 0.29) is 28.0 Å². The van der Waals surface area contributed by atoms with Crippen LogP contribution in [0.1, 0.15) is 0 Å². The third-order valence-corrected chi connectivity index (χ3v) is 2.93. The van der Waals surface area contributed by atoms with Gasteiger partial charge in [-0.05, 0) is 6.07 Å². The largest absolute Gasteiger partial charge is 0.382 e. The maximum Gasteiger partial charge on any atom is 0.242 e. The van der Waals surface area contributed by atoms with Crippen LogP contribution in [0.5, 0.6) is 0 Å². The summed E-state index contributed by atoms with van der Waals surface area (Å²) < 4.78 is 26.4. The standard InChI is InChI=1S/C9H5Cl2F2N5/c10-4-2(1-3(12)6(13)5(4)11)7-8(14)16-9(15)18-17-7/h1H,(H4,14,15,16,18). The smallest absolute Gasteiger partial charge is 0.242 e. The lowest BCUT2D eigenvalue weighted by Gasteiger charge is -2.08. The summed E-state index contributed by atoms with van der Waals surface area (Å²) >= 11 is 11.3. The van der Waals surface area contributed by atoms with Gasteiger partial charge in [-0.2, -0.15) is 4.98 Å². The third-order valence-electron chi connectivity index (χ3n) is 2.09. The number of hydrogen-bond donors (Lipinski definition) is 2. The molecule has 0 spiro atoms. The lowest BCUT2D eigenvalue weighted by atomic mass is 10.1. The minimum Gasteiger partial charge on any atom is -0.382 e. The van der Waals surface area contributed by atoms with E-state index in [1.54, 1.807) is 0 Å². The molecule has 2 rings (SSSR count). The van der Waals surface area contributed by atoms with Crippen molar-refractivity contribution < 1.29 is 8.78 Å². The number of halogens is 4. The topological polar surface area (TPSA) is 90.7 Å². The molecule has 0 fully saturated rings. The Labute approximate surface area is 110 Å². The normalized spacial score (nSPS) is 10.7. The quantitative estimate of drug-likeness (QED) is 0.621. The van der Waals surface area contributed by atoms with Gasteiger partial charge in [0.25, 0.3) is 0 Å². The van der Waals surface area contributed by atoms with Gasteiger partial charge in [0.05, 0.1) is 10.0 Å². The molecule has 94 valence electrons. The van der Waals surface area contributed by atoms with E-state index in [0.29, 0.717) is 0 Å². The van der Waals surface area contributed by atoms with Crippen molar-refractivity contribution in [3.63, 3.8) is 0 Å². The summed E-state index contributed by atoms with van der Waals surface area (Å²) in [5.74, 6) is -2.70. The fourth-order valence-corrected chi connectivity index (χ4v) is 1.71. The molecule has 1 heterocycles. The van der Waals surface area contributed by atoms with E-state index >= 15 is 0 Å². The van der Waals surface area contributed by atoms with E-state index in [1.807, 2.05) is 0 Å². The first-order valence-corrected chi connectivity index (χ1v) is 5.26. The molecule has 0 aliphatic rings. The highest BCUT2D eigenvalue weighted by atomic mass is 35.5. The number of nitrogens with two attached hydrogens (primary N) is 2. The number of rotatable bonds is 1. The molecule has 4 N–H and O–H groups in total. The molecule has 2 aromatic rings. The molecule has 0 saturated heterocycles. The molecular weight excluding hydrogens is 287 g/mol. The van der Waals surface area contributed by atoms with Crippen molar-refractivity contribution in [2.75, 3.05) is 11.5 Å². The zero-order chi connectivity index (χ0) is 13.4. The van der Waals surface area contributed by atoms with E-state index in [9.17, 15) is 8.78 Å². The predicted molar refractivity (Wildman–Crippen MR) is 64.0 cm³/mol. The molecule has 0 atom stereocenters. The van der Waals surface area contributed by atoms with Crippen molar-refractivity contribution in [3.8, 4) is 11.3 Å². The average molecular weight is 292 g/mol. The number of hydrogen-bond acceptors (Lipinski definition) is 5. The van der Waals surface area contributed by atoms with Crippen LogP contribution in [-0.2, 0) is 0 Å². The van der Waals surface area contributed by atoms with Gasteiger partial charge in [-0.1, -0.05) is 23.2 Å². The van der Waals surface area contributed by atoms with E-state index in [2.05, 4.69) is 15.2 Å². The van der Waals surface area contributed by atoms with E-state index < -0.39 is 16.7 Å². The molecule has 0 unspecified atom stereocenters. The second-order valence-corrected chi connectivity index (χ2v) is 4.01. The summed E-state index contributed by atoms with van der Waals surface area (Å²) in [4.78, 5) is 3.64. The van der Waals surface area contributed by atoms with Crippen LogP contribution >= 0.6 is 23.2 Å². The van der Waals surface area contributed by atoms with Crippen LogP contribution < -0.4 is 11.5 Å². The van der Waals surface area contributed by atoms with Crippen LogP contribution in [0, 0.1) is 11.6 Å². The van der Waals surface area contributed by atoms with Crippen molar-refractivity contribution in [3.05, 3.63) is 27.7 Å². The molecular formula is C9H5Cl2F2N5. The highest BCUT2D eigenvalue weighted by molar-refractivity contribution is 6.43. The summed E-state index contributed by atoms with van der Waals surface area (Å²) in [6, 6.07) is 0.807. The second-order valence-electron chi connectivity index (χ2n) is 3.25. The number of nitrogens with zero attached hydrogens (tertiary/aromatic N) is 3. The molecule has 0 saturated carbocycles. The molecule has 9 heteroatoms. The predicted octanol–water partition coefficient (Wildman–Crippen LogP) is 2.29. The average Bonchev–Trinajstić information content (AvgIpc) is 2.32. The van der Waals surface area contributed by atoms with Gasteiger partial charge in [-0.25, -0.2) is 8.78 Å². The Kier molecular flexibility index (Phi) is 3.18. The lowest BCUT2D eigenvalue weighted by molar-refractivity contribution is 0.509. The lowest BCUT2D eigenvalue weighted by Crippen LogP contribution is -2.05. The monoisotopic (exact) mass is 291 g/mol. The van der Waals surface area contributed by atoms with E-state index in [1.165, 1.54) is 0 Å². The molecule has 0 bridgehead atoms. The van der Waals surface area contributed by atoms with Crippen molar-refractivity contribution in [2.45, 2.75) is 0 Å². The Balaban J connectivity index is 2.72. The van der Waals surface area contributed by atoms with Gasteiger partial charge in [0.2, 0.25) is 5.95 Å². The van der Waals surface area contributed by atoms with Gasteiger partial charge in [-0.15, -0.1) is 10.2 Å². The van der Waals surface area contributed by atoms with Gasteiger partial charge in [0.1, 0.15) is 5.69 Å². The molecule has 18 heavy (non-hydrogen) atoms. The van der Waals surface area contributed by atoms with Crippen LogP contribution in [0.15, 0.2) is 6.07 Å². The summed E-state index contributed by atoms with van der Waals surface area (Å²) in [6.45, 7) is 0. The van der Waals surface area contributed by atoms with Crippen LogP contribution in [-0.4, -0.2) is 15.2 Å². The van der Waals surface area contributed by atoms with Crippen LogP contribution in [0.25, 0.3) is 11.3 Å². The van der Waals surface area contributed by atoms with Gasteiger partial charge in [0, 0.05) is 5.56 Å². The van der Waals surface area contributed by atoms with Crippen molar-refractivity contribution in [1.29, 1.82) is 0 Å². The molecule has 0 amide bonds. The molecule has 1 aromatic heterocycles. The fraction of sp³-hybridized carbons (Fsp3) is 0. The second kappa shape index (κ2) is 4.51. The van der Waals surface area contributed by atoms with Gasteiger partial charge in [0.15, 0.2) is 17.5 Å². The molecule has 0 radical (unpaired) electrons. The molecule has 0 aliphatic carbocycles. The zero-order valence-electron chi connectivity index (χ0n) is 8.59. The van der Waals surface area contributed by atoms with Crippen molar-refractivity contribution in [1.82, 2.24) is 15.2 Å². The number of aromatic nitrogens is 3. The molecule has 5 nitrogen and oxygen atoms in total. The number of anilines is 2. The summed E-state index contributed by atoms with van der Waals surface area (Å²) in [6.07, 6.45) is 0. The van der Waals surface area contributed by atoms with Crippen LogP contribution in [0.3, 0.4) is 0 Å². The minimum atomic E-state index is -1.25. The Hall–Kier alpha value is -1.73. The van der Waals surface area contributed by atoms with Crippen molar-refractivity contribution in [2.24, 2.45) is 0 Å². The summed E-state index contributed by atoms with van der Waals surface area (Å²) in [5, 5.41) is 6.29. The Bertz CT molecular complexity index is 635. The fourth-order valence-electron chi connectivity index (χ4n) is 1.29. The van der Waals surface area contributed by atoms with Crippen LogP contribution in [0.4, 0.5) is 20.5 Å². The maximum atomic E-state index is 13.3. The number of nitrogen functional groups attached to an aromatic ring is 2. The zero-order valence-corrected chi connectivity index (χ0v) is 10.1. The molecule has 1 aromatic carbocycles. The Morgan fingerprint density at radius 2 is 1.72 bits per heavy atom. The van der Waals surface area contributed by atoms with E-state index in [0.717, 1.165) is 6.07 Å². The van der Waals surface area contributed by atoms with Gasteiger partial charge in [-0.3, -0.25) is 0 Å². The third kappa shape index (κ3) is 2.02. The Morgan fingerprint density at radius 3 is 2.33 bits per heavy atom. The first-order valence-electron chi connectivity index (χ1n) is 4.51. The van der Waals surface area contributed by atoms with Crippen LogP contribution in [0.2, 0.25) is 10.0 Å². The minimum absolute atomic E-state index is 0.0157. The number of benzene rings is 1. The van der Waals surface area contributed by atoms with Gasteiger partial charge < -0.3 is 11.5 Å². The summed E-state index contributed by atoms with van der Waals surface area (Å²) in [5.41, 5.74) is 10.8. The first-order chi connectivity index (χ1) is 8.41. The van der Waals surface area contributed by atoms with E-state index in [4.69, 9.17) is 34.7 Å². The SMILES string of the molecule is Nc1nnc(-c2cc(F)c(F)c(Cl)c2Cl)c(N)n1. The molecule has 0 aliphatic heterocycles. The van der Waals surface area contributed by atoms with Crippen molar-refractivity contribution >= 4 is 35.0 Å². The van der Waals surface area contributed by atoms with Gasteiger partial charge >= 0.3 is 0 Å². The first kappa shape index (κ1) is 12.7. The highest BCUT2D eigenvalue weighted by Crippen LogP contribution is 2.37. The maximum absolute atomic E-state index is 13.3. The highest BCUT2D eigenvalue weighted by Gasteiger charge is 2.20. The summed E-state index contributed by atoms with van der Waals surface area (Å²) in [7, 11) is 0.